The molecule has 0 radical (unpaired) electrons. The highest BCUT2D eigenvalue weighted by Crippen LogP contribution is 2.47. The molecule has 0 aromatic heterocycles. The lowest BCUT2D eigenvalue weighted by atomic mass is 9.84. The maximum atomic E-state index is 13.0. The van der Waals surface area contributed by atoms with Gasteiger partial charge in [-0.05, 0) is 13.8 Å². The fourth-order valence-corrected chi connectivity index (χ4v) is 2.09. The van der Waals surface area contributed by atoms with Crippen molar-refractivity contribution >= 4 is 16.1 Å². The van der Waals surface area contributed by atoms with Crippen LogP contribution in [-0.2, 0) is 28.6 Å². The Morgan fingerprint density at radius 2 is 1.79 bits per heavy atom. The second-order valence-electron chi connectivity index (χ2n) is 4.98. The second-order valence-corrected chi connectivity index (χ2v) is 6.52. The number of esters is 1. The molecule has 1 aliphatic heterocycles. The molecular weight excluding hydrogens is 374 g/mol. The molecule has 0 spiro atoms. The van der Waals surface area contributed by atoms with E-state index in [9.17, 15) is 39.6 Å². The smallest absolute Gasteiger partial charge is 0.483 e. The van der Waals surface area contributed by atoms with Gasteiger partial charge in [0.15, 0.2) is 5.76 Å². The van der Waals surface area contributed by atoms with Crippen LogP contribution >= 0.6 is 0 Å². The highest BCUT2D eigenvalue weighted by molar-refractivity contribution is 7.87. The predicted molar refractivity (Wildman–Crippen MR) is 64.4 cm³/mol. The van der Waals surface area contributed by atoms with Crippen LogP contribution in [0.5, 0.6) is 0 Å². The summed E-state index contributed by atoms with van der Waals surface area (Å²) in [6, 6.07) is 0. The number of halogens is 6. The van der Waals surface area contributed by atoms with Gasteiger partial charge in [-0.3, -0.25) is 0 Å². The average Bonchev–Trinajstić information content (AvgIpc) is 2.35. The summed E-state index contributed by atoms with van der Waals surface area (Å²) in [7, 11) is -6.29. The van der Waals surface area contributed by atoms with Crippen molar-refractivity contribution in [3.05, 3.63) is 11.5 Å². The Morgan fingerprint density at radius 1 is 1.25 bits per heavy atom. The van der Waals surface area contributed by atoms with E-state index in [4.69, 9.17) is 0 Å². The monoisotopic (exact) mass is 386 g/mol. The first-order valence-corrected chi connectivity index (χ1v) is 7.66. The van der Waals surface area contributed by atoms with Gasteiger partial charge in [0.1, 0.15) is 12.0 Å². The van der Waals surface area contributed by atoms with E-state index in [1.165, 1.54) is 6.92 Å². The molecule has 1 unspecified atom stereocenters. The molecule has 0 bridgehead atoms. The Morgan fingerprint density at radius 3 is 2.21 bits per heavy atom. The SMILES string of the molecule is CCOC(=O)C1=C(OS(=O)(=O)C(F)(F)F)CC(C)(C(F)(F)F)CO1. The minimum atomic E-state index is -6.29. The zero-order chi connectivity index (χ0) is 19.0. The third kappa shape index (κ3) is 4.05. The van der Waals surface area contributed by atoms with Crippen LogP contribution in [0, 0.1) is 5.41 Å². The van der Waals surface area contributed by atoms with Crippen molar-refractivity contribution in [3.8, 4) is 0 Å². The number of rotatable bonds is 4. The lowest BCUT2D eigenvalue weighted by Gasteiger charge is -2.36. The third-order valence-corrected chi connectivity index (χ3v) is 3.97. The molecular formula is C11H12F6O6S. The van der Waals surface area contributed by atoms with E-state index in [-0.39, 0.29) is 6.61 Å². The highest BCUT2D eigenvalue weighted by Gasteiger charge is 2.57. The van der Waals surface area contributed by atoms with Crippen LogP contribution < -0.4 is 0 Å². The molecule has 0 saturated heterocycles. The Kier molecular flexibility index (Phi) is 5.38. The first-order valence-electron chi connectivity index (χ1n) is 6.25. The van der Waals surface area contributed by atoms with Crippen LogP contribution in [0.2, 0.25) is 0 Å². The molecule has 0 amide bonds. The standard InChI is InChI=1S/C11H12F6O6S/c1-3-21-8(18)7-6(23-24(19,20)11(15,16)17)4-9(2,5-22-7)10(12,13)14/h3-5H2,1-2H3. The minimum Gasteiger partial charge on any atom is -0.483 e. The summed E-state index contributed by atoms with van der Waals surface area (Å²) in [5, 5.41) is 0. The van der Waals surface area contributed by atoms with E-state index in [2.05, 4.69) is 13.7 Å². The number of carbonyl (C=O) groups excluding carboxylic acids is 1. The van der Waals surface area contributed by atoms with Crippen LogP contribution in [0.1, 0.15) is 20.3 Å². The summed E-state index contributed by atoms with van der Waals surface area (Å²) < 4.78 is 111. The molecule has 1 heterocycles. The van der Waals surface area contributed by atoms with E-state index in [0.29, 0.717) is 6.92 Å². The Labute approximate surface area is 132 Å². The van der Waals surface area contributed by atoms with Gasteiger partial charge in [0.25, 0.3) is 0 Å². The van der Waals surface area contributed by atoms with Gasteiger partial charge < -0.3 is 13.7 Å². The molecule has 0 saturated carbocycles. The van der Waals surface area contributed by atoms with Gasteiger partial charge in [-0.1, -0.05) is 0 Å². The van der Waals surface area contributed by atoms with Gasteiger partial charge in [-0.15, -0.1) is 0 Å². The quantitative estimate of drug-likeness (QED) is 0.320. The lowest BCUT2D eigenvalue weighted by molar-refractivity contribution is -0.237. The summed E-state index contributed by atoms with van der Waals surface area (Å²) in [5.74, 6) is -4.00. The molecule has 13 heteroatoms. The van der Waals surface area contributed by atoms with Gasteiger partial charge in [0, 0.05) is 6.42 Å². The van der Waals surface area contributed by atoms with Gasteiger partial charge >= 0.3 is 27.8 Å². The normalized spacial score (nSPS) is 22.8. The van der Waals surface area contributed by atoms with Gasteiger partial charge in [0.05, 0.1) is 6.61 Å². The first kappa shape index (κ1) is 20.4. The summed E-state index contributed by atoms with van der Waals surface area (Å²) in [6.45, 7) is 0.498. The summed E-state index contributed by atoms with van der Waals surface area (Å²) in [4.78, 5) is 11.6. The molecule has 0 aromatic rings. The molecule has 0 fully saturated rings. The predicted octanol–water partition coefficient (Wildman–Crippen LogP) is 2.62. The highest BCUT2D eigenvalue weighted by atomic mass is 32.2. The first-order chi connectivity index (χ1) is 10.6. The second kappa shape index (κ2) is 6.33. The van der Waals surface area contributed by atoms with E-state index in [0.717, 1.165) is 0 Å². The number of hydrogen-bond acceptors (Lipinski definition) is 6. The fraction of sp³-hybridized carbons (Fsp3) is 0.727. The van der Waals surface area contributed by atoms with Crippen molar-refractivity contribution in [1.82, 2.24) is 0 Å². The third-order valence-electron chi connectivity index (χ3n) is 2.98. The van der Waals surface area contributed by atoms with Crippen LogP contribution in [0.3, 0.4) is 0 Å². The van der Waals surface area contributed by atoms with E-state index in [1.807, 2.05) is 0 Å². The van der Waals surface area contributed by atoms with Crippen LogP contribution in [0.25, 0.3) is 0 Å². The van der Waals surface area contributed by atoms with Crippen LogP contribution in [0.4, 0.5) is 26.3 Å². The fourth-order valence-electron chi connectivity index (χ4n) is 1.60. The van der Waals surface area contributed by atoms with Crippen molar-refractivity contribution in [2.24, 2.45) is 5.41 Å². The maximum Gasteiger partial charge on any atom is 0.534 e. The summed E-state index contributed by atoms with van der Waals surface area (Å²) in [5.41, 5.74) is -8.65. The largest absolute Gasteiger partial charge is 0.534 e. The molecule has 6 nitrogen and oxygen atoms in total. The zero-order valence-corrected chi connectivity index (χ0v) is 13.1. The number of allylic oxidation sites excluding steroid dienone is 1. The molecule has 140 valence electrons. The van der Waals surface area contributed by atoms with Crippen molar-refractivity contribution in [3.63, 3.8) is 0 Å². The Bertz CT molecular complexity index is 634. The number of carbonyl (C=O) groups is 1. The summed E-state index contributed by atoms with van der Waals surface area (Å²) in [6.07, 6.45) is -6.30. The molecule has 1 rings (SSSR count). The van der Waals surface area contributed by atoms with Crippen LogP contribution in [-0.4, -0.2) is 39.3 Å². The van der Waals surface area contributed by atoms with Gasteiger partial charge in [-0.2, -0.15) is 34.8 Å². The average molecular weight is 386 g/mol. The zero-order valence-electron chi connectivity index (χ0n) is 12.2. The van der Waals surface area contributed by atoms with E-state index >= 15 is 0 Å². The molecule has 0 N–H and O–H groups in total. The molecule has 24 heavy (non-hydrogen) atoms. The van der Waals surface area contributed by atoms with Crippen LogP contribution in [0.15, 0.2) is 11.5 Å². The maximum absolute atomic E-state index is 13.0. The molecule has 1 aliphatic rings. The van der Waals surface area contributed by atoms with Crippen molar-refractivity contribution < 1.29 is 53.2 Å². The van der Waals surface area contributed by atoms with Gasteiger partial charge in [0.2, 0.25) is 5.76 Å². The van der Waals surface area contributed by atoms with Gasteiger partial charge in [-0.25, -0.2) is 4.79 Å². The van der Waals surface area contributed by atoms with E-state index in [1.54, 1.807) is 0 Å². The molecule has 0 aliphatic carbocycles. The van der Waals surface area contributed by atoms with Crippen molar-refractivity contribution in [2.45, 2.75) is 32.0 Å². The number of alkyl halides is 6. The van der Waals surface area contributed by atoms with Crippen molar-refractivity contribution in [1.29, 1.82) is 0 Å². The number of ether oxygens (including phenoxy) is 2. The minimum absolute atomic E-state index is 0.276. The number of hydrogen-bond donors (Lipinski definition) is 0. The topological polar surface area (TPSA) is 78.9 Å². The summed E-state index contributed by atoms with van der Waals surface area (Å²) >= 11 is 0. The van der Waals surface area contributed by atoms with Crippen molar-refractivity contribution in [2.75, 3.05) is 13.2 Å². The Hall–Kier alpha value is -1.66. The molecule has 1 atom stereocenters. The lowest BCUT2D eigenvalue weighted by Crippen LogP contribution is -2.44. The van der Waals surface area contributed by atoms with E-state index < -0.39 is 57.7 Å². The Balaban J connectivity index is 3.33. The molecule has 0 aromatic carbocycles.